The Labute approximate surface area is 58.9 Å². The third-order valence-corrected chi connectivity index (χ3v) is 1.27. The van der Waals surface area contributed by atoms with Crippen LogP contribution in [0.4, 0.5) is 4.39 Å². The van der Waals surface area contributed by atoms with Gasteiger partial charge in [-0.1, -0.05) is 0 Å². The highest BCUT2D eigenvalue weighted by atomic mass is 19.1. The Bertz CT molecular complexity index is 213. The molecule has 2 nitrogen and oxygen atoms in total. The smallest absolute Gasteiger partial charge is 0.144 e. The molecule has 1 aromatic rings. The van der Waals surface area contributed by atoms with Crippen LogP contribution in [-0.4, -0.2) is 11.5 Å². The monoisotopic (exact) mass is 140 g/mol. The molecule has 0 radical (unpaired) electrons. The van der Waals surface area contributed by atoms with Crippen molar-refractivity contribution in [3.05, 3.63) is 29.8 Å². The van der Waals surface area contributed by atoms with Crippen molar-refractivity contribution in [2.75, 3.05) is 6.54 Å². The second kappa shape index (κ2) is 3.27. The number of rotatable bonds is 2. The maximum Gasteiger partial charge on any atom is 0.144 e. The van der Waals surface area contributed by atoms with E-state index < -0.39 is 0 Å². The van der Waals surface area contributed by atoms with Gasteiger partial charge in [-0.25, -0.2) is 4.39 Å². The van der Waals surface area contributed by atoms with E-state index in [0.717, 1.165) is 0 Å². The lowest BCUT2D eigenvalue weighted by Crippen LogP contribution is -2.04. The third kappa shape index (κ3) is 1.51. The fourth-order valence-electron chi connectivity index (χ4n) is 0.762. The predicted molar refractivity (Wildman–Crippen MR) is 37.0 cm³/mol. The first-order chi connectivity index (χ1) is 4.84. The second-order valence-corrected chi connectivity index (χ2v) is 2.01. The molecular weight excluding hydrogens is 131 g/mol. The van der Waals surface area contributed by atoms with Crippen molar-refractivity contribution in [1.29, 1.82) is 0 Å². The number of hydrogen-bond donors (Lipinski definition) is 1. The van der Waals surface area contributed by atoms with Gasteiger partial charge in [0.15, 0.2) is 0 Å². The Morgan fingerprint density at radius 2 is 2.40 bits per heavy atom. The molecule has 0 aliphatic rings. The molecule has 1 heterocycles. The molecule has 1 rings (SSSR count). The number of hydrogen-bond acceptors (Lipinski definition) is 2. The van der Waals surface area contributed by atoms with Gasteiger partial charge in [0.05, 0.1) is 6.20 Å². The van der Waals surface area contributed by atoms with Crippen LogP contribution in [-0.2, 0) is 6.42 Å². The van der Waals surface area contributed by atoms with Crippen LogP contribution in [0.1, 0.15) is 5.56 Å². The fraction of sp³-hybridized carbons (Fsp3) is 0.286. The zero-order valence-electron chi connectivity index (χ0n) is 5.55. The summed E-state index contributed by atoms with van der Waals surface area (Å²) in [5.74, 6) is -0.270. The molecule has 0 fully saturated rings. The first kappa shape index (κ1) is 7.15. The largest absolute Gasteiger partial charge is 0.330 e. The van der Waals surface area contributed by atoms with Crippen molar-refractivity contribution in [1.82, 2.24) is 4.98 Å². The Morgan fingerprint density at radius 1 is 1.60 bits per heavy atom. The molecule has 3 heteroatoms. The highest BCUT2D eigenvalue weighted by molar-refractivity contribution is 5.12. The molecule has 0 amide bonds. The lowest BCUT2D eigenvalue weighted by molar-refractivity contribution is 0.603. The predicted octanol–water partition coefficient (Wildman–Crippen LogP) is 0.722. The Hall–Kier alpha value is -0.960. The number of pyridine rings is 1. The number of nitrogens with two attached hydrogens (primary N) is 1. The summed E-state index contributed by atoms with van der Waals surface area (Å²) < 4.78 is 12.7. The van der Waals surface area contributed by atoms with E-state index in [2.05, 4.69) is 4.98 Å². The lowest BCUT2D eigenvalue weighted by Gasteiger charge is -1.97. The molecule has 0 bridgehead atoms. The Morgan fingerprint density at radius 3 is 3.00 bits per heavy atom. The van der Waals surface area contributed by atoms with Gasteiger partial charge in [-0.05, 0) is 24.6 Å². The molecule has 0 saturated heterocycles. The van der Waals surface area contributed by atoms with Gasteiger partial charge in [0.1, 0.15) is 5.82 Å². The zero-order chi connectivity index (χ0) is 7.40. The molecule has 0 aliphatic carbocycles. The summed E-state index contributed by atoms with van der Waals surface area (Å²) in [6, 6.07) is 1.64. The van der Waals surface area contributed by atoms with Crippen molar-refractivity contribution in [2.24, 2.45) is 5.73 Å². The van der Waals surface area contributed by atoms with Crippen LogP contribution >= 0.6 is 0 Å². The molecule has 0 spiro atoms. The van der Waals surface area contributed by atoms with E-state index in [1.807, 2.05) is 0 Å². The minimum Gasteiger partial charge on any atom is -0.330 e. The lowest BCUT2D eigenvalue weighted by atomic mass is 10.2. The van der Waals surface area contributed by atoms with E-state index in [4.69, 9.17) is 5.73 Å². The summed E-state index contributed by atoms with van der Waals surface area (Å²) in [5.41, 5.74) is 5.88. The van der Waals surface area contributed by atoms with E-state index >= 15 is 0 Å². The second-order valence-electron chi connectivity index (χ2n) is 2.01. The third-order valence-electron chi connectivity index (χ3n) is 1.27. The van der Waals surface area contributed by atoms with Crippen molar-refractivity contribution in [3.63, 3.8) is 0 Å². The topological polar surface area (TPSA) is 38.9 Å². The molecule has 54 valence electrons. The molecule has 1 aromatic heterocycles. The molecule has 0 unspecified atom stereocenters. The average Bonchev–Trinajstić information content (AvgIpc) is 1.94. The van der Waals surface area contributed by atoms with Gasteiger partial charge in [0.2, 0.25) is 0 Å². The van der Waals surface area contributed by atoms with Crippen LogP contribution in [0.15, 0.2) is 18.5 Å². The number of nitrogens with zero attached hydrogens (tertiary/aromatic N) is 1. The SMILES string of the molecule is NCCc1ccncc1F. The summed E-state index contributed by atoms with van der Waals surface area (Å²) in [5, 5.41) is 0. The minimum atomic E-state index is -0.270. The molecule has 0 saturated carbocycles. The maximum atomic E-state index is 12.7. The highest BCUT2D eigenvalue weighted by Crippen LogP contribution is 2.03. The van der Waals surface area contributed by atoms with E-state index in [1.54, 1.807) is 12.3 Å². The van der Waals surface area contributed by atoms with Gasteiger partial charge in [-0.3, -0.25) is 4.98 Å². The van der Waals surface area contributed by atoms with E-state index in [1.165, 1.54) is 6.20 Å². The normalized spacial score (nSPS) is 9.80. The van der Waals surface area contributed by atoms with Gasteiger partial charge in [0.25, 0.3) is 0 Å². The van der Waals surface area contributed by atoms with Crippen LogP contribution in [0, 0.1) is 5.82 Å². The van der Waals surface area contributed by atoms with Gasteiger partial charge in [-0.2, -0.15) is 0 Å². The molecule has 0 aliphatic heterocycles. The molecule has 2 N–H and O–H groups in total. The Balaban J connectivity index is 2.81. The van der Waals surface area contributed by atoms with Gasteiger partial charge in [-0.15, -0.1) is 0 Å². The van der Waals surface area contributed by atoms with Crippen molar-refractivity contribution >= 4 is 0 Å². The van der Waals surface area contributed by atoms with Gasteiger partial charge in [0, 0.05) is 6.20 Å². The number of halogens is 1. The number of aromatic nitrogens is 1. The summed E-state index contributed by atoms with van der Waals surface area (Å²) in [6.07, 6.45) is 3.34. The molecule has 0 atom stereocenters. The van der Waals surface area contributed by atoms with E-state index in [0.29, 0.717) is 18.5 Å². The van der Waals surface area contributed by atoms with Crippen LogP contribution in [0.2, 0.25) is 0 Å². The van der Waals surface area contributed by atoms with Crippen LogP contribution in [0.5, 0.6) is 0 Å². The first-order valence-corrected chi connectivity index (χ1v) is 3.13. The fourth-order valence-corrected chi connectivity index (χ4v) is 0.762. The summed E-state index contributed by atoms with van der Waals surface area (Å²) in [7, 11) is 0. The molecule has 0 aromatic carbocycles. The van der Waals surface area contributed by atoms with E-state index in [9.17, 15) is 4.39 Å². The quantitative estimate of drug-likeness (QED) is 0.657. The minimum absolute atomic E-state index is 0.270. The Kier molecular flexibility index (Phi) is 2.34. The van der Waals surface area contributed by atoms with Crippen LogP contribution < -0.4 is 5.73 Å². The van der Waals surface area contributed by atoms with Crippen molar-refractivity contribution < 1.29 is 4.39 Å². The summed E-state index contributed by atoms with van der Waals surface area (Å²) in [6.45, 7) is 0.473. The van der Waals surface area contributed by atoms with Crippen LogP contribution in [0.25, 0.3) is 0 Å². The summed E-state index contributed by atoms with van der Waals surface area (Å²) >= 11 is 0. The maximum absolute atomic E-state index is 12.7. The molecule has 10 heavy (non-hydrogen) atoms. The van der Waals surface area contributed by atoms with Crippen molar-refractivity contribution in [2.45, 2.75) is 6.42 Å². The van der Waals surface area contributed by atoms with Gasteiger partial charge >= 0.3 is 0 Å². The average molecular weight is 140 g/mol. The zero-order valence-corrected chi connectivity index (χ0v) is 5.55. The van der Waals surface area contributed by atoms with E-state index in [-0.39, 0.29) is 5.82 Å². The molecular formula is C7H9FN2. The van der Waals surface area contributed by atoms with Crippen LogP contribution in [0.3, 0.4) is 0 Å². The highest BCUT2D eigenvalue weighted by Gasteiger charge is 1.97. The van der Waals surface area contributed by atoms with Crippen molar-refractivity contribution in [3.8, 4) is 0 Å². The standard InChI is InChI=1S/C7H9FN2/c8-7-5-10-4-2-6(7)1-3-9/h2,4-5H,1,3,9H2. The first-order valence-electron chi connectivity index (χ1n) is 3.13. The van der Waals surface area contributed by atoms with Gasteiger partial charge < -0.3 is 5.73 Å². The summed E-state index contributed by atoms with van der Waals surface area (Å²) in [4.78, 5) is 3.61.